The van der Waals surface area contributed by atoms with E-state index in [0.29, 0.717) is 13.1 Å². The number of nitrogens with one attached hydrogen (secondary N) is 2. The van der Waals surface area contributed by atoms with Crippen LogP contribution in [0.5, 0.6) is 0 Å². The van der Waals surface area contributed by atoms with Crippen molar-refractivity contribution in [2.45, 2.75) is 25.8 Å². The first-order chi connectivity index (χ1) is 7.52. The maximum absolute atomic E-state index is 11.5. The Labute approximate surface area is 96.6 Å². The number of nitrogens with zero attached hydrogens (tertiary/aromatic N) is 1. The Morgan fingerprint density at radius 3 is 2.44 bits per heavy atom. The predicted molar refractivity (Wildman–Crippen MR) is 61.9 cm³/mol. The maximum Gasteiger partial charge on any atom is 0.238 e. The summed E-state index contributed by atoms with van der Waals surface area (Å²) in [5.41, 5.74) is 0. The van der Waals surface area contributed by atoms with Gasteiger partial charge in [0.2, 0.25) is 11.8 Å². The summed E-state index contributed by atoms with van der Waals surface area (Å²) in [7, 11) is 3.46. The number of carbonyl (C=O) groups excluding carboxylic acids is 2. The molecule has 0 aliphatic heterocycles. The second-order valence-corrected chi connectivity index (χ2v) is 4.47. The van der Waals surface area contributed by atoms with Crippen LogP contribution in [-0.4, -0.2) is 49.9 Å². The summed E-state index contributed by atoms with van der Waals surface area (Å²) in [6.45, 7) is 3.03. The highest BCUT2D eigenvalue weighted by atomic mass is 16.2. The van der Waals surface area contributed by atoms with Crippen molar-refractivity contribution in [3.05, 3.63) is 0 Å². The van der Waals surface area contributed by atoms with Gasteiger partial charge >= 0.3 is 0 Å². The van der Waals surface area contributed by atoms with Crippen LogP contribution < -0.4 is 10.6 Å². The minimum Gasteiger partial charge on any atom is -0.355 e. The van der Waals surface area contributed by atoms with E-state index in [4.69, 9.17) is 0 Å². The Bertz CT molecular complexity index is 262. The summed E-state index contributed by atoms with van der Waals surface area (Å²) in [5, 5.41) is 5.91. The first-order valence-corrected chi connectivity index (χ1v) is 5.74. The molecule has 0 bridgehead atoms. The van der Waals surface area contributed by atoms with Crippen molar-refractivity contribution in [1.29, 1.82) is 0 Å². The molecule has 92 valence electrons. The molecule has 0 aromatic carbocycles. The number of hydrogen-bond donors (Lipinski definition) is 2. The molecule has 1 aliphatic rings. The van der Waals surface area contributed by atoms with Gasteiger partial charge in [0.15, 0.2) is 0 Å². The fourth-order valence-electron chi connectivity index (χ4n) is 1.44. The van der Waals surface area contributed by atoms with Gasteiger partial charge in [0.05, 0.1) is 6.04 Å². The van der Waals surface area contributed by atoms with Crippen LogP contribution in [0.2, 0.25) is 0 Å². The van der Waals surface area contributed by atoms with Gasteiger partial charge in [0.25, 0.3) is 0 Å². The summed E-state index contributed by atoms with van der Waals surface area (Å²) in [5.74, 6) is 0.447. The van der Waals surface area contributed by atoms with Crippen molar-refractivity contribution in [2.75, 3.05) is 27.2 Å². The SMILES string of the molecule is CC(NCCNC(=O)C1CC1)C(=O)N(C)C. The molecule has 16 heavy (non-hydrogen) atoms. The van der Waals surface area contributed by atoms with Gasteiger partial charge in [0, 0.05) is 33.1 Å². The molecular weight excluding hydrogens is 206 g/mol. The van der Waals surface area contributed by atoms with Gasteiger partial charge in [-0.1, -0.05) is 0 Å². The fourth-order valence-corrected chi connectivity index (χ4v) is 1.44. The zero-order valence-electron chi connectivity index (χ0n) is 10.2. The van der Waals surface area contributed by atoms with Crippen molar-refractivity contribution in [1.82, 2.24) is 15.5 Å². The van der Waals surface area contributed by atoms with Gasteiger partial charge in [-0.25, -0.2) is 0 Å². The van der Waals surface area contributed by atoms with E-state index in [2.05, 4.69) is 10.6 Å². The highest BCUT2D eigenvalue weighted by Gasteiger charge is 2.29. The standard InChI is InChI=1S/C11H21N3O2/c1-8(11(16)14(2)3)12-6-7-13-10(15)9-4-5-9/h8-9,12H,4-7H2,1-3H3,(H,13,15). The summed E-state index contributed by atoms with van der Waals surface area (Å²) < 4.78 is 0. The Hall–Kier alpha value is -1.10. The quantitative estimate of drug-likeness (QED) is 0.606. The molecular formula is C11H21N3O2. The summed E-state index contributed by atoms with van der Waals surface area (Å²) in [6, 6.07) is -0.201. The Morgan fingerprint density at radius 1 is 1.31 bits per heavy atom. The van der Waals surface area contributed by atoms with Crippen molar-refractivity contribution in [3.63, 3.8) is 0 Å². The Balaban J connectivity index is 2.05. The lowest BCUT2D eigenvalue weighted by atomic mass is 10.3. The number of hydrogen-bond acceptors (Lipinski definition) is 3. The molecule has 5 heteroatoms. The molecule has 0 aromatic heterocycles. The summed E-state index contributed by atoms with van der Waals surface area (Å²) in [4.78, 5) is 24.3. The molecule has 0 radical (unpaired) electrons. The number of rotatable bonds is 6. The second kappa shape index (κ2) is 5.84. The summed E-state index contributed by atoms with van der Waals surface area (Å²) >= 11 is 0. The van der Waals surface area contributed by atoms with E-state index in [-0.39, 0.29) is 23.8 Å². The first-order valence-electron chi connectivity index (χ1n) is 5.74. The van der Waals surface area contributed by atoms with Crippen LogP contribution >= 0.6 is 0 Å². The highest BCUT2D eigenvalue weighted by molar-refractivity contribution is 5.81. The van der Waals surface area contributed by atoms with Crippen LogP contribution in [0.4, 0.5) is 0 Å². The van der Waals surface area contributed by atoms with Gasteiger partial charge in [-0.15, -0.1) is 0 Å². The molecule has 1 saturated carbocycles. The summed E-state index contributed by atoms with van der Waals surface area (Å²) in [6.07, 6.45) is 2.05. The van der Waals surface area contributed by atoms with E-state index in [1.54, 1.807) is 19.0 Å². The van der Waals surface area contributed by atoms with E-state index in [1.807, 2.05) is 6.92 Å². The van der Waals surface area contributed by atoms with Crippen LogP contribution in [0.3, 0.4) is 0 Å². The topological polar surface area (TPSA) is 61.4 Å². The lowest BCUT2D eigenvalue weighted by Crippen LogP contribution is -2.44. The third kappa shape index (κ3) is 4.18. The van der Waals surface area contributed by atoms with E-state index in [0.717, 1.165) is 12.8 Å². The number of likely N-dealkylation sites (N-methyl/N-ethyl adjacent to an activating group) is 1. The third-order valence-electron chi connectivity index (χ3n) is 2.63. The largest absolute Gasteiger partial charge is 0.355 e. The molecule has 0 spiro atoms. The highest BCUT2D eigenvalue weighted by Crippen LogP contribution is 2.28. The minimum absolute atomic E-state index is 0.0496. The zero-order valence-corrected chi connectivity index (χ0v) is 10.2. The first kappa shape index (κ1) is 13.0. The predicted octanol–water partition coefficient (Wildman–Crippen LogP) is -0.421. The molecule has 5 nitrogen and oxygen atoms in total. The fraction of sp³-hybridized carbons (Fsp3) is 0.818. The molecule has 1 rings (SSSR count). The maximum atomic E-state index is 11.5. The molecule has 1 unspecified atom stereocenters. The van der Waals surface area contributed by atoms with E-state index in [1.165, 1.54) is 0 Å². The van der Waals surface area contributed by atoms with Gasteiger partial charge in [0.1, 0.15) is 0 Å². The number of amides is 2. The van der Waals surface area contributed by atoms with E-state index >= 15 is 0 Å². The monoisotopic (exact) mass is 227 g/mol. The van der Waals surface area contributed by atoms with Crippen LogP contribution in [0, 0.1) is 5.92 Å². The lowest BCUT2D eigenvalue weighted by Gasteiger charge is -2.18. The van der Waals surface area contributed by atoms with Crippen LogP contribution in [0.25, 0.3) is 0 Å². The molecule has 2 N–H and O–H groups in total. The average Bonchev–Trinajstić information content (AvgIpc) is 3.05. The molecule has 0 heterocycles. The molecule has 1 atom stereocenters. The lowest BCUT2D eigenvalue weighted by molar-refractivity contribution is -0.130. The van der Waals surface area contributed by atoms with Gasteiger partial charge in [-0.2, -0.15) is 0 Å². The normalized spacial score (nSPS) is 16.7. The molecule has 0 saturated heterocycles. The average molecular weight is 227 g/mol. The Kier molecular flexibility index (Phi) is 4.73. The molecule has 1 fully saturated rings. The molecule has 2 amide bonds. The Morgan fingerprint density at radius 2 is 1.94 bits per heavy atom. The van der Waals surface area contributed by atoms with Crippen molar-refractivity contribution in [3.8, 4) is 0 Å². The van der Waals surface area contributed by atoms with Gasteiger partial charge in [-0.05, 0) is 19.8 Å². The van der Waals surface area contributed by atoms with Gasteiger partial charge < -0.3 is 15.5 Å². The van der Waals surface area contributed by atoms with E-state index < -0.39 is 0 Å². The van der Waals surface area contributed by atoms with Crippen LogP contribution in [0.1, 0.15) is 19.8 Å². The van der Waals surface area contributed by atoms with Crippen molar-refractivity contribution < 1.29 is 9.59 Å². The van der Waals surface area contributed by atoms with Crippen LogP contribution in [0.15, 0.2) is 0 Å². The second-order valence-electron chi connectivity index (χ2n) is 4.47. The van der Waals surface area contributed by atoms with Crippen molar-refractivity contribution in [2.24, 2.45) is 5.92 Å². The number of carbonyl (C=O) groups is 2. The third-order valence-corrected chi connectivity index (χ3v) is 2.63. The smallest absolute Gasteiger partial charge is 0.238 e. The van der Waals surface area contributed by atoms with Crippen LogP contribution in [-0.2, 0) is 9.59 Å². The van der Waals surface area contributed by atoms with E-state index in [9.17, 15) is 9.59 Å². The van der Waals surface area contributed by atoms with Crippen molar-refractivity contribution >= 4 is 11.8 Å². The zero-order chi connectivity index (χ0) is 12.1. The minimum atomic E-state index is -0.201. The molecule has 1 aliphatic carbocycles. The molecule has 0 aromatic rings. The van der Waals surface area contributed by atoms with Gasteiger partial charge in [-0.3, -0.25) is 9.59 Å².